The Morgan fingerprint density at radius 1 is 1.07 bits per heavy atom. The zero-order valence-electron chi connectivity index (χ0n) is 17.7. The van der Waals surface area contributed by atoms with Crippen LogP contribution in [0.3, 0.4) is 0 Å². The molecule has 0 heterocycles. The van der Waals surface area contributed by atoms with Gasteiger partial charge in [0.2, 0.25) is 0 Å². The van der Waals surface area contributed by atoms with Gasteiger partial charge in [0.15, 0.2) is 6.10 Å². The number of hydrogen-bond donors (Lipinski definition) is 1. The minimum atomic E-state index is -0.498. The maximum absolute atomic E-state index is 12.7. The molecule has 0 aromatic heterocycles. The quantitative estimate of drug-likeness (QED) is 0.718. The number of ether oxygens (including phenoxy) is 1. The standard InChI is InChI=1S/C24H33NO2/c1-8-21(27-22-15-16(2)9-10-17(22)3)23(26)25-18(4)19-11-13-20(14-12-19)24(5,6)7/h9-15,18,21H,8H2,1-7H3,(H,25,26)/t18-,21-/m0/s1. The molecule has 1 N–H and O–H groups in total. The molecule has 2 aromatic rings. The van der Waals surface area contributed by atoms with E-state index in [1.807, 2.05) is 45.9 Å². The van der Waals surface area contributed by atoms with Crippen molar-refractivity contribution >= 4 is 5.91 Å². The maximum Gasteiger partial charge on any atom is 0.261 e. The van der Waals surface area contributed by atoms with Crippen LogP contribution in [0.4, 0.5) is 0 Å². The minimum absolute atomic E-state index is 0.0669. The third-order valence-electron chi connectivity index (χ3n) is 4.91. The van der Waals surface area contributed by atoms with Crippen molar-refractivity contribution < 1.29 is 9.53 Å². The van der Waals surface area contributed by atoms with Gasteiger partial charge in [-0.25, -0.2) is 0 Å². The molecule has 2 rings (SSSR count). The van der Waals surface area contributed by atoms with Crippen molar-refractivity contribution in [2.45, 2.75) is 72.4 Å². The first-order chi connectivity index (χ1) is 12.6. The average molecular weight is 368 g/mol. The van der Waals surface area contributed by atoms with E-state index < -0.39 is 6.10 Å². The molecule has 146 valence electrons. The highest BCUT2D eigenvalue weighted by Gasteiger charge is 2.22. The molecule has 0 saturated heterocycles. The van der Waals surface area contributed by atoms with Crippen LogP contribution in [0.1, 0.15) is 69.3 Å². The van der Waals surface area contributed by atoms with E-state index in [0.717, 1.165) is 22.4 Å². The Hall–Kier alpha value is -2.29. The molecule has 0 radical (unpaired) electrons. The van der Waals surface area contributed by atoms with Gasteiger partial charge >= 0.3 is 0 Å². The van der Waals surface area contributed by atoms with Crippen molar-refractivity contribution in [1.29, 1.82) is 0 Å². The Labute approximate surface area is 164 Å². The lowest BCUT2D eigenvalue weighted by molar-refractivity contribution is -0.128. The Morgan fingerprint density at radius 3 is 2.26 bits per heavy atom. The van der Waals surface area contributed by atoms with Crippen LogP contribution in [-0.2, 0) is 10.2 Å². The summed E-state index contributed by atoms with van der Waals surface area (Å²) < 4.78 is 6.03. The highest BCUT2D eigenvalue weighted by atomic mass is 16.5. The van der Waals surface area contributed by atoms with E-state index in [-0.39, 0.29) is 17.4 Å². The number of hydrogen-bond acceptors (Lipinski definition) is 2. The lowest BCUT2D eigenvalue weighted by Gasteiger charge is -2.23. The monoisotopic (exact) mass is 367 g/mol. The summed E-state index contributed by atoms with van der Waals surface area (Å²) in [7, 11) is 0. The molecule has 0 saturated carbocycles. The number of nitrogens with one attached hydrogen (secondary N) is 1. The number of amides is 1. The third kappa shape index (κ3) is 5.59. The lowest BCUT2D eigenvalue weighted by atomic mass is 9.86. The molecular weight excluding hydrogens is 334 g/mol. The van der Waals surface area contributed by atoms with E-state index in [9.17, 15) is 4.79 Å². The second-order valence-corrected chi connectivity index (χ2v) is 8.39. The van der Waals surface area contributed by atoms with Crippen molar-refractivity contribution in [3.8, 4) is 5.75 Å². The first-order valence-electron chi connectivity index (χ1n) is 9.76. The largest absolute Gasteiger partial charge is 0.480 e. The molecule has 3 nitrogen and oxygen atoms in total. The van der Waals surface area contributed by atoms with Gasteiger partial charge in [-0.2, -0.15) is 0 Å². The highest BCUT2D eigenvalue weighted by Crippen LogP contribution is 2.25. The molecular formula is C24H33NO2. The van der Waals surface area contributed by atoms with E-state index in [0.29, 0.717) is 6.42 Å². The normalized spacial score (nSPS) is 13.7. The third-order valence-corrected chi connectivity index (χ3v) is 4.91. The molecule has 1 amide bonds. The van der Waals surface area contributed by atoms with Crippen molar-refractivity contribution in [3.05, 3.63) is 64.7 Å². The summed E-state index contributed by atoms with van der Waals surface area (Å²) in [5.74, 6) is 0.699. The van der Waals surface area contributed by atoms with Crippen LogP contribution in [0.2, 0.25) is 0 Å². The topological polar surface area (TPSA) is 38.3 Å². The van der Waals surface area contributed by atoms with Gasteiger partial charge in [-0.05, 0) is 60.9 Å². The summed E-state index contributed by atoms with van der Waals surface area (Å²) in [5.41, 5.74) is 4.67. The van der Waals surface area contributed by atoms with Crippen LogP contribution < -0.4 is 10.1 Å². The van der Waals surface area contributed by atoms with Gasteiger partial charge in [0.05, 0.1) is 6.04 Å². The van der Waals surface area contributed by atoms with E-state index in [4.69, 9.17) is 4.74 Å². The van der Waals surface area contributed by atoms with Crippen molar-refractivity contribution in [2.24, 2.45) is 0 Å². The summed E-state index contributed by atoms with van der Waals surface area (Å²) >= 11 is 0. The Morgan fingerprint density at radius 2 is 1.70 bits per heavy atom. The van der Waals surface area contributed by atoms with Crippen LogP contribution in [0, 0.1) is 13.8 Å². The van der Waals surface area contributed by atoms with Crippen LogP contribution >= 0.6 is 0 Å². The maximum atomic E-state index is 12.7. The summed E-state index contributed by atoms with van der Waals surface area (Å²) in [6.45, 7) is 14.6. The zero-order valence-corrected chi connectivity index (χ0v) is 17.7. The van der Waals surface area contributed by atoms with Crippen LogP contribution in [-0.4, -0.2) is 12.0 Å². The first-order valence-corrected chi connectivity index (χ1v) is 9.76. The second kappa shape index (κ2) is 8.60. The molecule has 0 spiro atoms. The van der Waals surface area contributed by atoms with Crippen LogP contribution in [0.15, 0.2) is 42.5 Å². The average Bonchev–Trinajstić information content (AvgIpc) is 2.61. The molecule has 27 heavy (non-hydrogen) atoms. The molecule has 0 aliphatic carbocycles. The van der Waals surface area contributed by atoms with Crippen LogP contribution in [0.5, 0.6) is 5.75 Å². The number of rotatable bonds is 6. The van der Waals surface area contributed by atoms with Gasteiger partial charge in [0.25, 0.3) is 5.91 Å². The molecule has 0 unspecified atom stereocenters. The fraction of sp³-hybridized carbons (Fsp3) is 0.458. The van der Waals surface area contributed by atoms with Gasteiger partial charge in [0, 0.05) is 0 Å². The summed E-state index contributed by atoms with van der Waals surface area (Å²) in [6, 6.07) is 14.5. The smallest absolute Gasteiger partial charge is 0.261 e. The summed E-state index contributed by atoms with van der Waals surface area (Å²) in [6.07, 6.45) is 0.122. The first kappa shape index (κ1) is 21.0. The molecule has 0 bridgehead atoms. The van der Waals surface area contributed by atoms with Crippen molar-refractivity contribution in [2.75, 3.05) is 0 Å². The lowest BCUT2D eigenvalue weighted by Crippen LogP contribution is -2.39. The predicted molar refractivity (Wildman–Crippen MR) is 112 cm³/mol. The molecule has 0 aliphatic heterocycles. The molecule has 2 atom stereocenters. The Balaban J connectivity index is 2.06. The Bertz CT molecular complexity index is 772. The number of aryl methyl sites for hydroxylation is 2. The fourth-order valence-corrected chi connectivity index (χ4v) is 2.97. The number of carbonyl (C=O) groups is 1. The van der Waals surface area contributed by atoms with Gasteiger partial charge in [0.1, 0.15) is 5.75 Å². The van der Waals surface area contributed by atoms with Gasteiger partial charge < -0.3 is 10.1 Å². The summed E-state index contributed by atoms with van der Waals surface area (Å²) in [5, 5.41) is 3.10. The molecule has 0 aliphatic rings. The predicted octanol–water partition coefficient (Wildman–Crippen LogP) is 5.64. The summed E-state index contributed by atoms with van der Waals surface area (Å²) in [4.78, 5) is 12.7. The zero-order chi connectivity index (χ0) is 20.2. The van der Waals surface area contributed by atoms with Crippen molar-refractivity contribution in [1.82, 2.24) is 5.32 Å². The van der Waals surface area contributed by atoms with Gasteiger partial charge in [-0.1, -0.05) is 64.1 Å². The van der Waals surface area contributed by atoms with Crippen LogP contribution in [0.25, 0.3) is 0 Å². The fourth-order valence-electron chi connectivity index (χ4n) is 2.97. The minimum Gasteiger partial charge on any atom is -0.480 e. The SMILES string of the molecule is CC[C@H](Oc1cc(C)ccc1C)C(=O)N[C@@H](C)c1ccc(C(C)(C)C)cc1. The Kier molecular flexibility index (Phi) is 6.69. The van der Waals surface area contributed by atoms with Crippen molar-refractivity contribution in [3.63, 3.8) is 0 Å². The number of benzene rings is 2. The molecule has 0 fully saturated rings. The van der Waals surface area contributed by atoms with E-state index in [1.54, 1.807) is 0 Å². The highest BCUT2D eigenvalue weighted by molar-refractivity contribution is 5.81. The van der Waals surface area contributed by atoms with E-state index >= 15 is 0 Å². The molecule has 3 heteroatoms. The van der Waals surface area contributed by atoms with Gasteiger partial charge in [-0.3, -0.25) is 4.79 Å². The number of carbonyl (C=O) groups excluding carboxylic acids is 1. The van der Waals surface area contributed by atoms with E-state index in [1.165, 1.54) is 5.56 Å². The molecule has 2 aromatic carbocycles. The second-order valence-electron chi connectivity index (χ2n) is 8.39. The van der Waals surface area contributed by atoms with Gasteiger partial charge in [-0.15, -0.1) is 0 Å². The van der Waals surface area contributed by atoms with E-state index in [2.05, 4.69) is 50.4 Å².